The van der Waals surface area contributed by atoms with Crippen LogP contribution in [-0.2, 0) is 6.42 Å². The second-order valence-electron chi connectivity index (χ2n) is 4.95. The number of aliphatic hydroxyl groups excluding tert-OH is 1. The molecule has 0 aliphatic carbocycles. The Kier molecular flexibility index (Phi) is 6.31. The molecule has 1 unspecified atom stereocenters. The first-order chi connectivity index (χ1) is 10.7. The lowest BCUT2D eigenvalue weighted by molar-refractivity contribution is 0.117. The van der Waals surface area contributed by atoms with Gasteiger partial charge in [0.05, 0.1) is 0 Å². The molecular formula is C18H20ClNO2. The average Bonchev–Trinajstić information content (AvgIpc) is 2.54. The zero-order chi connectivity index (χ0) is 15.8. The molecule has 22 heavy (non-hydrogen) atoms. The normalized spacial score (nSPS) is 11.7. The van der Waals surface area contributed by atoms with E-state index in [1.54, 1.807) is 12.1 Å². The highest BCUT2D eigenvalue weighted by atomic mass is 35.5. The zero-order valence-corrected chi connectivity index (χ0v) is 13.1. The molecule has 0 aliphatic rings. The van der Waals surface area contributed by atoms with Gasteiger partial charge in [-0.2, -0.15) is 0 Å². The van der Waals surface area contributed by atoms with Crippen LogP contribution in [0.3, 0.4) is 0 Å². The van der Waals surface area contributed by atoms with E-state index in [1.165, 1.54) is 0 Å². The van der Waals surface area contributed by atoms with Crippen molar-refractivity contribution in [2.45, 2.75) is 12.5 Å². The van der Waals surface area contributed by atoms with Crippen molar-refractivity contribution in [3.8, 4) is 5.75 Å². The Morgan fingerprint density at radius 3 is 2.64 bits per heavy atom. The number of benzene rings is 2. The van der Waals surface area contributed by atoms with Crippen molar-refractivity contribution in [1.82, 2.24) is 0 Å². The van der Waals surface area contributed by atoms with Crippen molar-refractivity contribution in [2.75, 3.05) is 18.5 Å². The number of hydrogen-bond donors (Lipinski definition) is 2. The van der Waals surface area contributed by atoms with Crippen molar-refractivity contribution < 1.29 is 9.84 Å². The molecule has 2 aromatic rings. The van der Waals surface area contributed by atoms with Gasteiger partial charge in [-0.3, -0.25) is 0 Å². The lowest BCUT2D eigenvalue weighted by atomic mass is 10.1. The van der Waals surface area contributed by atoms with Crippen LogP contribution in [0.25, 0.3) is 0 Å². The van der Waals surface area contributed by atoms with E-state index in [0.29, 0.717) is 11.6 Å². The van der Waals surface area contributed by atoms with Gasteiger partial charge in [0.15, 0.2) is 0 Å². The van der Waals surface area contributed by atoms with Crippen LogP contribution in [0.2, 0.25) is 5.02 Å². The van der Waals surface area contributed by atoms with Crippen molar-refractivity contribution in [3.05, 3.63) is 71.8 Å². The van der Waals surface area contributed by atoms with Crippen LogP contribution in [-0.4, -0.2) is 24.4 Å². The molecule has 0 amide bonds. The highest BCUT2D eigenvalue weighted by molar-refractivity contribution is 6.30. The molecule has 2 aromatic carbocycles. The van der Waals surface area contributed by atoms with Gasteiger partial charge >= 0.3 is 0 Å². The molecule has 116 valence electrons. The fourth-order valence-corrected chi connectivity index (χ4v) is 2.14. The first kappa shape index (κ1) is 16.4. The maximum Gasteiger partial charge on any atom is 0.122 e. The smallest absolute Gasteiger partial charge is 0.122 e. The van der Waals surface area contributed by atoms with Gasteiger partial charge in [-0.15, -0.1) is 6.58 Å². The molecule has 0 fully saturated rings. The van der Waals surface area contributed by atoms with Gasteiger partial charge in [-0.05, 0) is 42.3 Å². The molecule has 0 radical (unpaired) electrons. The first-order valence-electron chi connectivity index (χ1n) is 7.18. The Morgan fingerprint density at radius 2 is 1.91 bits per heavy atom. The summed E-state index contributed by atoms with van der Waals surface area (Å²) in [7, 11) is 0. The summed E-state index contributed by atoms with van der Waals surface area (Å²) in [6.45, 7) is 4.38. The van der Waals surface area contributed by atoms with Crippen LogP contribution in [0.5, 0.6) is 5.75 Å². The zero-order valence-electron chi connectivity index (χ0n) is 12.3. The molecule has 1 atom stereocenters. The van der Waals surface area contributed by atoms with Crippen molar-refractivity contribution >= 4 is 17.3 Å². The van der Waals surface area contributed by atoms with Gasteiger partial charge in [0.2, 0.25) is 0 Å². The maximum absolute atomic E-state index is 10.0. The fourth-order valence-electron chi connectivity index (χ4n) is 2.02. The van der Waals surface area contributed by atoms with Crippen molar-refractivity contribution in [1.29, 1.82) is 0 Å². The standard InChI is InChI=1S/C18H20ClNO2/c1-2-5-14-6-3-4-7-18(14)22-13-17(21)12-20-16-10-8-15(19)9-11-16/h2-4,6-11,17,20-21H,1,5,12-13H2. The van der Waals surface area contributed by atoms with Gasteiger partial charge in [0, 0.05) is 17.3 Å². The van der Waals surface area contributed by atoms with E-state index in [9.17, 15) is 5.11 Å². The minimum atomic E-state index is -0.604. The lowest BCUT2D eigenvalue weighted by Gasteiger charge is -2.15. The molecule has 0 saturated heterocycles. The van der Waals surface area contributed by atoms with E-state index in [4.69, 9.17) is 16.3 Å². The highest BCUT2D eigenvalue weighted by Gasteiger charge is 2.07. The van der Waals surface area contributed by atoms with E-state index in [0.717, 1.165) is 23.4 Å². The molecular weight excluding hydrogens is 298 g/mol. The summed E-state index contributed by atoms with van der Waals surface area (Å²) in [6, 6.07) is 15.1. The fraction of sp³-hybridized carbons (Fsp3) is 0.222. The predicted octanol–water partition coefficient (Wildman–Crippen LogP) is 3.92. The van der Waals surface area contributed by atoms with Gasteiger partial charge in [-0.1, -0.05) is 35.9 Å². The number of anilines is 1. The SMILES string of the molecule is C=CCc1ccccc1OCC(O)CNc1ccc(Cl)cc1. The lowest BCUT2D eigenvalue weighted by Crippen LogP contribution is -2.26. The van der Waals surface area contributed by atoms with Crippen LogP contribution in [0.1, 0.15) is 5.56 Å². The largest absolute Gasteiger partial charge is 0.491 e. The molecule has 2 N–H and O–H groups in total. The quantitative estimate of drug-likeness (QED) is 0.725. The number of allylic oxidation sites excluding steroid dienone is 1. The van der Waals surface area contributed by atoms with Gasteiger partial charge < -0.3 is 15.2 Å². The second kappa shape index (κ2) is 8.47. The highest BCUT2D eigenvalue weighted by Crippen LogP contribution is 2.19. The predicted molar refractivity (Wildman–Crippen MR) is 91.8 cm³/mol. The van der Waals surface area contributed by atoms with Gasteiger partial charge in [0.1, 0.15) is 18.5 Å². The van der Waals surface area contributed by atoms with Crippen LogP contribution in [0, 0.1) is 0 Å². The summed E-state index contributed by atoms with van der Waals surface area (Å²) in [5.41, 5.74) is 1.98. The second-order valence-corrected chi connectivity index (χ2v) is 5.39. The van der Waals surface area contributed by atoms with E-state index >= 15 is 0 Å². The molecule has 4 heteroatoms. The Bertz CT molecular complexity index is 598. The number of aliphatic hydroxyl groups is 1. The number of ether oxygens (including phenoxy) is 1. The van der Waals surface area contributed by atoms with Crippen molar-refractivity contribution in [2.24, 2.45) is 0 Å². The molecule has 0 aromatic heterocycles. The summed E-state index contributed by atoms with van der Waals surface area (Å²) in [6.07, 6.45) is 1.98. The summed E-state index contributed by atoms with van der Waals surface area (Å²) in [5, 5.41) is 13.8. The van der Waals surface area contributed by atoms with E-state index in [1.807, 2.05) is 42.5 Å². The molecule has 0 aliphatic heterocycles. The third-order valence-corrected chi connectivity index (χ3v) is 3.41. The number of halogens is 1. The van der Waals surface area contributed by atoms with Crippen LogP contribution < -0.4 is 10.1 Å². The molecule has 0 bridgehead atoms. The van der Waals surface area contributed by atoms with E-state index in [-0.39, 0.29) is 6.61 Å². The van der Waals surface area contributed by atoms with Gasteiger partial charge in [0.25, 0.3) is 0 Å². The van der Waals surface area contributed by atoms with Crippen LogP contribution in [0.4, 0.5) is 5.69 Å². The third kappa shape index (κ3) is 5.10. The van der Waals surface area contributed by atoms with Crippen LogP contribution in [0.15, 0.2) is 61.2 Å². The van der Waals surface area contributed by atoms with Gasteiger partial charge in [-0.25, -0.2) is 0 Å². The summed E-state index contributed by atoms with van der Waals surface area (Å²) in [4.78, 5) is 0. The Labute approximate surface area is 136 Å². The Balaban J connectivity index is 1.81. The molecule has 3 nitrogen and oxygen atoms in total. The number of nitrogens with one attached hydrogen (secondary N) is 1. The average molecular weight is 318 g/mol. The first-order valence-corrected chi connectivity index (χ1v) is 7.56. The Hall–Kier alpha value is -1.97. The Morgan fingerprint density at radius 1 is 1.18 bits per heavy atom. The number of para-hydroxylation sites is 1. The molecule has 0 saturated carbocycles. The number of hydrogen-bond acceptors (Lipinski definition) is 3. The molecule has 0 heterocycles. The summed E-state index contributed by atoms with van der Waals surface area (Å²) < 4.78 is 5.70. The molecule has 2 rings (SSSR count). The third-order valence-electron chi connectivity index (χ3n) is 3.15. The summed E-state index contributed by atoms with van der Waals surface area (Å²) in [5.74, 6) is 0.785. The summed E-state index contributed by atoms with van der Waals surface area (Å²) >= 11 is 5.83. The minimum Gasteiger partial charge on any atom is -0.491 e. The maximum atomic E-state index is 10.0. The minimum absolute atomic E-state index is 0.231. The van der Waals surface area contributed by atoms with E-state index in [2.05, 4.69) is 11.9 Å². The topological polar surface area (TPSA) is 41.5 Å². The van der Waals surface area contributed by atoms with Crippen molar-refractivity contribution in [3.63, 3.8) is 0 Å². The number of rotatable bonds is 8. The molecule has 0 spiro atoms. The van der Waals surface area contributed by atoms with Crippen LogP contribution >= 0.6 is 11.6 Å². The van der Waals surface area contributed by atoms with E-state index < -0.39 is 6.10 Å². The monoisotopic (exact) mass is 317 g/mol.